The smallest absolute Gasteiger partial charge is 0.169 e. The molecular weight excluding hydrogens is 262 g/mol. The third kappa shape index (κ3) is 4.23. The summed E-state index contributed by atoms with van der Waals surface area (Å²) in [6.07, 6.45) is 0. The first-order chi connectivity index (χ1) is 10.2. The molecule has 0 spiro atoms. The normalized spacial score (nSPS) is 12.0. The van der Waals surface area contributed by atoms with Gasteiger partial charge in [-0.15, -0.1) is 0 Å². The number of hydrogen-bond donors (Lipinski definition) is 1. The molecule has 0 aliphatic carbocycles. The van der Waals surface area contributed by atoms with Crippen molar-refractivity contribution in [2.24, 2.45) is 0 Å². The monoisotopic (exact) mass is 285 g/mol. The maximum absolute atomic E-state index is 5.98. The van der Waals surface area contributed by atoms with Gasteiger partial charge in [0.25, 0.3) is 0 Å². The Morgan fingerprint density at radius 2 is 1.76 bits per heavy atom. The fraction of sp³-hybridized carbons (Fsp3) is 0.333. The van der Waals surface area contributed by atoms with E-state index in [1.54, 1.807) is 0 Å². The molecule has 1 atom stereocenters. The van der Waals surface area contributed by atoms with Crippen molar-refractivity contribution >= 4 is 0 Å². The van der Waals surface area contributed by atoms with Crippen molar-refractivity contribution in [3.63, 3.8) is 0 Å². The van der Waals surface area contributed by atoms with Gasteiger partial charge < -0.3 is 14.8 Å². The van der Waals surface area contributed by atoms with E-state index in [9.17, 15) is 0 Å². The molecule has 1 unspecified atom stereocenters. The summed E-state index contributed by atoms with van der Waals surface area (Å²) in [6, 6.07) is 16.2. The maximum Gasteiger partial charge on any atom is 0.169 e. The van der Waals surface area contributed by atoms with Crippen LogP contribution in [0.4, 0.5) is 0 Å². The predicted molar refractivity (Wildman–Crippen MR) is 86.2 cm³/mol. The van der Waals surface area contributed by atoms with E-state index in [1.165, 1.54) is 5.56 Å². The molecule has 0 saturated carbocycles. The van der Waals surface area contributed by atoms with Crippen LogP contribution in [0.1, 0.15) is 32.4 Å². The van der Waals surface area contributed by atoms with Gasteiger partial charge in [0.1, 0.15) is 5.75 Å². The number of rotatable bonds is 7. The summed E-state index contributed by atoms with van der Waals surface area (Å²) in [5, 5.41) is 3.40. The fourth-order valence-corrected chi connectivity index (χ4v) is 2.21. The van der Waals surface area contributed by atoms with E-state index in [4.69, 9.17) is 9.47 Å². The summed E-state index contributed by atoms with van der Waals surface area (Å²) in [6.45, 7) is 7.79. The van der Waals surface area contributed by atoms with Crippen molar-refractivity contribution in [1.82, 2.24) is 5.32 Å². The molecule has 2 aromatic carbocycles. The molecule has 0 fully saturated rings. The Balaban J connectivity index is 2.18. The van der Waals surface area contributed by atoms with Gasteiger partial charge in [0.15, 0.2) is 11.5 Å². The molecule has 0 radical (unpaired) electrons. The second-order valence-corrected chi connectivity index (χ2v) is 4.83. The van der Waals surface area contributed by atoms with Gasteiger partial charge in [-0.3, -0.25) is 0 Å². The zero-order valence-electron chi connectivity index (χ0n) is 12.9. The first-order valence-electron chi connectivity index (χ1n) is 7.47. The molecule has 0 aliphatic rings. The van der Waals surface area contributed by atoms with E-state index in [-0.39, 0.29) is 0 Å². The molecule has 3 heteroatoms. The Bertz CT molecular complexity index is 569. The average molecular weight is 285 g/mol. The van der Waals surface area contributed by atoms with Crippen LogP contribution >= 0.6 is 0 Å². The van der Waals surface area contributed by atoms with Gasteiger partial charge in [0, 0.05) is 6.04 Å². The maximum atomic E-state index is 5.98. The van der Waals surface area contributed by atoms with E-state index in [0.29, 0.717) is 12.6 Å². The lowest BCUT2D eigenvalue weighted by Crippen LogP contribution is -2.17. The van der Waals surface area contributed by atoms with Crippen LogP contribution in [0.15, 0.2) is 48.5 Å². The molecule has 0 aromatic heterocycles. The Hall–Kier alpha value is -2.00. The van der Waals surface area contributed by atoms with Crippen LogP contribution in [-0.4, -0.2) is 13.2 Å². The Morgan fingerprint density at radius 3 is 2.48 bits per heavy atom. The average Bonchev–Trinajstić information content (AvgIpc) is 2.50. The molecule has 0 amide bonds. The third-order valence-corrected chi connectivity index (χ3v) is 3.25. The summed E-state index contributed by atoms with van der Waals surface area (Å²) in [4.78, 5) is 0. The van der Waals surface area contributed by atoms with Crippen LogP contribution in [0.3, 0.4) is 0 Å². The van der Waals surface area contributed by atoms with Crippen LogP contribution in [0.25, 0.3) is 0 Å². The van der Waals surface area contributed by atoms with Gasteiger partial charge in [-0.1, -0.05) is 31.2 Å². The summed E-state index contributed by atoms with van der Waals surface area (Å²) in [7, 11) is 0. The quantitative estimate of drug-likeness (QED) is 0.809. The lowest BCUT2D eigenvalue weighted by Gasteiger charge is -2.15. The van der Waals surface area contributed by atoms with Crippen molar-refractivity contribution < 1.29 is 9.47 Å². The van der Waals surface area contributed by atoms with Crippen LogP contribution in [0, 0.1) is 0 Å². The molecule has 0 aliphatic heterocycles. The highest BCUT2D eigenvalue weighted by Gasteiger charge is 2.08. The second-order valence-electron chi connectivity index (χ2n) is 4.83. The lowest BCUT2D eigenvalue weighted by molar-refractivity contribution is 0.321. The van der Waals surface area contributed by atoms with E-state index >= 15 is 0 Å². The molecule has 21 heavy (non-hydrogen) atoms. The molecule has 0 bridgehead atoms. The molecule has 2 aromatic rings. The minimum Gasteiger partial charge on any atom is -0.490 e. The van der Waals surface area contributed by atoms with Gasteiger partial charge in [0.05, 0.1) is 6.61 Å². The Labute approximate surface area is 126 Å². The van der Waals surface area contributed by atoms with Crippen molar-refractivity contribution in [2.45, 2.75) is 26.8 Å². The van der Waals surface area contributed by atoms with Crippen molar-refractivity contribution in [1.29, 1.82) is 0 Å². The van der Waals surface area contributed by atoms with Gasteiger partial charge in [0.2, 0.25) is 0 Å². The first kappa shape index (κ1) is 15.4. The third-order valence-electron chi connectivity index (χ3n) is 3.25. The zero-order chi connectivity index (χ0) is 15.1. The van der Waals surface area contributed by atoms with E-state index in [0.717, 1.165) is 23.8 Å². The highest BCUT2D eigenvalue weighted by Crippen LogP contribution is 2.32. The van der Waals surface area contributed by atoms with Crippen molar-refractivity contribution in [2.75, 3.05) is 13.2 Å². The fourth-order valence-electron chi connectivity index (χ4n) is 2.21. The van der Waals surface area contributed by atoms with E-state index < -0.39 is 0 Å². The Kier molecular flexibility index (Phi) is 5.64. The standard InChI is InChI=1S/C18H23NO2/c1-4-19-14(3)15-9-8-10-16(13-15)21-18-12-7-6-11-17(18)20-5-2/h6-14,19H,4-5H2,1-3H3. The Morgan fingerprint density at radius 1 is 1.00 bits per heavy atom. The molecule has 112 valence electrons. The number of para-hydroxylation sites is 2. The first-order valence-corrected chi connectivity index (χ1v) is 7.47. The predicted octanol–water partition coefficient (Wildman–Crippen LogP) is 4.55. The second kappa shape index (κ2) is 7.70. The summed E-state index contributed by atoms with van der Waals surface area (Å²) in [5.74, 6) is 2.34. The highest BCUT2D eigenvalue weighted by atomic mass is 16.5. The minimum atomic E-state index is 0.306. The van der Waals surface area contributed by atoms with E-state index in [1.807, 2.05) is 43.3 Å². The molecule has 2 rings (SSSR count). The summed E-state index contributed by atoms with van der Waals surface area (Å²) < 4.78 is 11.6. The number of hydrogen-bond acceptors (Lipinski definition) is 3. The minimum absolute atomic E-state index is 0.306. The van der Waals surface area contributed by atoms with Crippen molar-refractivity contribution in [3.8, 4) is 17.2 Å². The highest BCUT2D eigenvalue weighted by molar-refractivity contribution is 5.43. The van der Waals surface area contributed by atoms with Crippen LogP contribution < -0.4 is 14.8 Å². The molecule has 0 saturated heterocycles. The molecular formula is C18H23NO2. The van der Waals surface area contributed by atoms with Crippen LogP contribution in [0.5, 0.6) is 17.2 Å². The summed E-state index contributed by atoms with van der Waals surface area (Å²) >= 11 is 0. The van der Waals surface area contributed by atoms with Crippen molar-refractivity contribution in [3.05, 3.63) is 54.1 Å². The number of benzene rings is 2. The summed E-state index contributed by atoms with van der Waals surface area (Å²) in [5.41, 5.74) is 1.21. The number of ether oxygens (including phenoxy) is 2. The van der Waals surface area contributed by atoms with Gasteiger partial charge in [-0.05, 0) is 50.2 Å². The lowest BCUT2D eigenvalue weighted by atomic mass is 10.1. The molecule has 1 N–H and O–H groups in total. The van der Waals surface area contributed by atoms with Gasteiger partial charge >= 0.3 is 0 Å². The molecule has 3 nitrogen and oxygen atoms in total. The zero-order valence-corrected chi connectivity index (χ0v) is 12.9. The van der Waals surface area contributed by atoms with Crippen LogP contribution in [0.2, 0.25) is 0 Å². The SMILES string of the molecule is CCNC(C)c1cccc(Oc2ccccc2OCC)c1. The topological polar surface area (TPSA) is 30.5 Å². The van der Waals surface area contributed by atoms with Gasteiger partial charge in [-0.2, -0.15) is 0 Å². The van der Waals surface area contributed by atoms with Gasteiger partial charge in [-0.25, -0.2) is 0 Å². The molecule has 0 heterocycles. The van der Waals surface area contributed by atoms with Crippen LogP contribution in [-0.2, 0) is 0 Å². The number of nitrogens with one attached hydrogen (secondary N) is 1. The van der Waals surface area contributed by atoms with E-state index in [2.05, 4.69) is 31.3 Å². The largest absolute Gasteiger partial charge is 0.490 e.